The molecule has 19 heavy (non-hydrogen) atoms. The smallest absolute Gasteiger partial charge is 0.395 e. The molecule has 4 nitrogen and oxygen atoms in total. The molecule has 0 unspecified atom stereocenters. The third-order valence-electron chi connectivity index (χ3n) is 2.20. The number of aromatic nitrogens is 1. The molecule has 1 aromatic heterocycles. The number of halogens is 4. The molecule has 1 rings (SSSR count). The van der Waals surface area contributed by atoms with E-state index >= 15 is 0 Å². The molecule has 1 amide bonds. The maximum Gasteiger partial charge on any atom is 0.406 e. The van der Waals surface area contributed by atoms with Crippen LogP contribution in [0.3, 0.4) is 0 Å². The van der Waals surface area contributed by atoms with Crippen LogP contribution in [0.2, 0.25) is 5.15 Å². The Labute approximate surface area is 112 Å². The predicted molar refractivity (Wildman–Crippen MR) is 63.0 cm³/mol. The Balaban J connectivity index is 2.98. The lowest BCUT2D eigenvalue weighted by atomic mass is 10.2. The molecule has 0 saturated carbocycles. The van der Waals surface area contributed by atoms with Gasteiger partial charge in [-0.05, 0) is 19.1 Å². The first kappa shape index (κ1) is 15.7. The number of carbonyl (C=O) groups excluding carboxylic acids is 1. The van der Waals surface area contributed by atoms with E-state index in [1.165, 1.54) is 12.1 Å². The molecule has 1 N–H and O–H groups in total. The van der Waals surface area contributed by atoms with Crippen molar-refractivity contribution in [2.75, 3.05) is 19.7 Å². The van der Waals surface area contributed by atoms with E-state index in [0.717, 1.165) is 0 Å². The molecule has 1 aromatic rings. The van der Waals surface area contributed by atoms with Gasteiger partial charge in [-0.15, -0.1) is 0 Å². The summed E-state index contributed by atoms with van der Waals surface area (Å²) >= 11 is 5.66. The van der Waals surface area contributed by atoms with Crippen molar-refractivity contribution >= 4 is 17.5 Å². The highest BCUT2D eigenvalue weighted by atomic mass is 35.5. The fourth-order valence-corrected chi connectivity index (χ4v) is 1.77. The van der Waals surface area contributed by atoms with Crippen molar-refractivity contribution in [3.8, 4) is 0 Å². The van der Waals surface area contributed by atoms with Gasteiger partial charge in [0.05, 0.1) is 6.61 Å². The summed E-state index contributed by atoms with van der Waals surface area (Å²) in [5, 5.41) is 8.77. The van der Waals surface area contributed by atoms with E-state index < -0.39 is 31.8 Å². The van der Waals surface area contributed by atoms with Crippen LogP contribution in [0, 0.1) is 6.92 Å². The van der Waals surface area contributed by atoms with Crippen LogP contribution in [0.4, 0.5) is 13.2 Å². The number of rotatable bonds is 4. The summed E-state index contributed by atoms with van der Waals surface area (Å²) in [7, 11) is 0. The van der Waals surface area contributed by atoms with E-state index in [2.05, 4.69) is 4.98 Å². The van der Waals surface area contributed by atoms with E-state index in [1.54, 1.807) is 6.92 Å². The number of amides is 1. The zero-order valence-electron chi connectivity index (χ0n) is 10.0. The van der Waals surface area contributed by atoms with E-state index in [0.29, 0.717) is 10.6 Å². The van der Waals surface area contributed by atoms with Gasteiger partial charge in [0.15, 0.2) is 0 Å². The molecule has 8 heteroatoms. The van der Waals surface area contributed by atoms with Crippen LogP contribution in [0.1, 0.15) is 16.1 Å². The number of pyridine rings is 1. The standard InChI is InChI=1S/C11H12ClF3N2O2/c1-7-4-8(5-9(12)16-7)10(19)17(2-3-18)6-11(13,14)15/h4-5,18H,2-3,6H2,1H3. The average molecular weight is 297 g/mol. The van der Waals surface area contributed by atoms with Crippen LogP contribution in [-0.2, 0) is 0 Å². The summed E-state index contributed by atoms with van der Waals surface area (Å²) in [6, 6.07) is 2.53. The minimum Gasteiger partial charge on any atom is -0.395 e. The van der Waals surface area contributed by atoms with Crippen LogP contribution < -0.4 is 0 Å². The molecule has 0 bridgehead atoms. The van der Waals surface area contributed by atoms with E-state index in [9.17, 15) is 18.0 Å². The molecule has 0 aliphatic carbocycles. The summed E-state index contributed by atoms with van der Waals surface area (Å²) in [4.78, 5) is 16.3. The summed E-state index contributed by atoms with van der Waals surface area (Å²) in [5.41, 5.74) is 0.432. The Morgan fingerprint density at radius 2 is 2.11 bits per heavy atom. The topological polar surface area (TPSA) is 53.4 Å². The Kier molecular flexibility index (Phi) is 5.13. The number of alkyl halides is 3. The van der Waals surface area contributed by atoms with Crippen molar-refractivity contribution in [3.05, 3.63) is 28.5 Å². The van der Waals surface area contributed by atoms with Gasteiger partial charge < -0.3 is 10.0 Å². The lowest BCUT2D eigenvalue weighted by Crippen LogP contribution is -2.40. The highest BCUT2D eigenvalue weighted by Gasteiger charge is 2.33. The molecule has 0 aliphatic rings. The first-order chi connectivity index (χ1) is 8.73. The summed E-state index contributed by atoms with van der Waals surface area (Å²) in [5.74, 6) is -0.848. The van der Waals surface area contributed by atoms with Gasteiger partial charge in [0.25, 0.3) is 5.91 Å². The number of aryl methyl sites for hydroxylation is 1. The lowest BCUT2D eigenvalue weighted by molar-refractivity contribution is -0.141. The molecular formula is C11H12ClF3N2O2. The van der Waals surface area contributed by atoms with Crippen molar-refractivity contribution in [2.24, 2.45) is 0 Å². The third-order valence-corrected chi connectivity index (χ3v) is 2.39. The maximum absolute atomic E-state index is 12.3. The summed E-state index contributed by atoms with van der Waals surface area (Å²) in [6.45, 7) is -0.814. The minimum absolute atomic E-state index is 0.00944. The van der Waals surface area contributed by atoms with Gasteiger partial charge in [-0.1, -0.05) is 11.6 Å². The van der Waals surface area contributed by atoms with E-state index in [-0.39, 0.29) is 10.7 Å². The summed E-state index contributed by atoms with van der Waals surface area (Å²) in [6.07, 6.45) is -4.53. The van der Waals surface area contributed by atoms with Crippen molar-refractivity contribution in [2.45, 2.75) is 13.1 Å². The first-order valence-electron chi connectivity index (χ1n) is 5.34. The lowest BCUT2D eigenvalue weighted by Gasteiger charge is -2.23. The normalized spacial score (nSPS) is 11.5. The minimum atomic E-state index is -4.53. The second kappa shape index (κ2) is 6.21. The van der Waals surface area contributed by atoms with Gasteiger partial charge in [-0.25, -0.2) is 4.98 Å². The molecule has 0 aliphatic heterocycles. The van der Waals surface area contributed by atoms with Gasteiger partial charge in [-0.3, -0.25) is 4.79 Å². The first-order valence-corrected chi connectivity index (χ1v) is 5.72. The molecule has 0 saturated heterocycles. The highest BCUT2D eigenvalue weighted by molar-refractivity contribution is 6.29. The van der Waals surface area contributed by atoms with Crippen molar-refractivity contribution in [1.82, 2.24) is 9.88 Å². The van der Waals surface area contributed by atoms with E-state index in [4.69, 9.17) is 16.7 Å². The Bertz CT molecular complexity index is 445. The number of aliphatic hydroxyl groups excluding tert-OH is 1. The SMILES string of the molecule is Cc1cc(C(=O)N(CCO)CC(F)(F)F)cc(Cl)n1. The quantitative estimate of drug-likeness (QED) is 0.865. The number of hydrogen-bond acceptors (Lipinski definition) is 3. The fourth-order valence-electron chi connectivity index (χ4n) is 1.52. The van der Waals surface area contributed by atoms with Gasteiger partial charge in [0.1, 0.15) is 11.7 Å². The Hall–Kier alpha value is -1.34. The van der Waals surface area contributed by atoms with Crippen LogP contribution in [-0.4, -0.2) is 46.8 Å². The van der Waals surface area contributed by atoms with Gasteiger partial charge in [-0.2, -0.15) is 13.2 Å². The van der Waals surface area contributed by atoms with Crippen molar-refractivity contribution < 1.29 is 23.1 Å². The van der Waals surface area contributed by atoms with Gasteiger partial charge >= 0.3 is 6.18 Å². The molecule has 0 spiro atoms. The van der Waals surface area contributed by atoms with Gasteiger partial charge in [0.2, 0.25) is 0 Å². The largest absolute Gasteiger partial charge is 0.406 e. The van der Waals surface area contributed by atoms with Crippen LogP contribution in [0.15, 0.2) is 12.1 Å². The summed E-state index contributed by atoms with van der Waals surface area (Å²) < 4.78 is 37.0. The molecule has 0 aromatic carbocycles. The second-order valence-electron chi connectivity index (χ2n) is 3.89. The zero-order chi connectivity index (χ0) is 14.6. The predicted octanol–water partition coefficient (Wildman–Crippen LogP) is 2.04. The van der Waals surface area contributed by atoms with Crippen LogP contribution in [0.25, 0.3) is 0 Å². The molecular weight excluding hydrogens is 285 g/mol. The maximum atomic E-state index is 12.3. The number of nitrogens with zero attached hydrogens (tertiary/aromatic N) is 2. The molecule has 0 radical (unpaired) electrons. The van der Waals surface area contributed by atoms with Gasteiger partial charge in [0, 0.05) is 17.8 Å². The monoisotopic (exact) mass is 296 g/mol. The number of aliphatic hydroxyl groups is 1. The second-order valence-corrected chi connectivity index (χ2v) is 4.27. The Morgan fingerprint density at radius 1 is 1.47 bits per heavy atom. The molecule has 106 valence electrons. The van der Waals surface area contributed by atoms with Crippen molar-refractivity contribution in [1.29, 1.82) is 0 Å². The average Bonchev–Trinajstić information content (AvgIpc) is 2.24. The zero-order valence-corrected chi connectivity index (χ0v) is 10.8. The molecule has 1 heterocycles. The third kappa shape index (κ3) is 5.04. The van der Waals surface area contributed by atoms with Crippen LogP contribution in [0.5, 0.6) is 0 Å². The Morgan fingerprint density at radius 3 is 2.58 bits per heavy atom. The van der Waals surface area contributed by atoms with E-state index in [1.807, 2.05) is 0 Å². The number of carbonyl (C=O) groups is 1. The van der Waals surface area contributed by atoms with Crippen molar-refractivity contribution in [3.63, 3.8) is 0 Å². The molecule has 0 atom stereocenters. The number of hydrogen-bond donors (Lipinski definition) is 1. The fraction of sp³-hybridized carbons (Fsp3) is 0.455. The molecule has 0 fully saturated rings. The van der Waals surface area contributed by atoms with Crippen LogP contribution >= 0.6 is 11.6 Å². The highest BCUT2D eigenvalue weighted by Crippen LogP contribution is 2.19.